The fourth-order valence-corrected chi connectivity index (χ4v) is 2.15. The molecule has 2 aromatic rings. The Morgan fingerprint density at radius 3 is 2.29 bits per heavy atom. The average molecular weight is 286 g/mol. The summed E-state index contributed by atoms with van der Waals surface area (Å²) in [6, 6.07) is 7.20. The Morgan fingerprint density at radius 2 is 1.76 bits per heavy atom. The molecule has 5 heteroatoms. The molecule has 0 radical (unpaired) electrons. The van der Waals surface area contributed by atoms with E-state index in [2.05, 4.69) is 10.3 Å². The molecule has 110 valence electrons. The summed E-state index contributed by atoms with van der Waals surface area (Å²) < 4.78 is 10.9. The number of benzene rings is 1. The molecule has 1 aromatic carbocycles. The van der Waals surface area contributed by atoms with E-state index in [1.54, 1.807) is 39.6 Å². The number of methoxy groups -OCH3 is 2. The van der Waals surface area contributed by atoms with Gasteiger partial charge >= 0.3 is 0 Å². The molecule has 0 spiro atoms. The minimum absolute atomic E-state index is 0.163. The van der Waals surface area contributed by atoms with Crippen molar-refractivity contribution in [3.8, 4) is 22.8 Å². The van der Waals surface area contributed by atoms with Gasteiger partial charge in [0.2, 0.25) is 0 Å². The zero-order chi connectivity index (χ0) is 15.4. The topological polar surface area (TPSA) is 60.5 Å². The number of aryl methyl sites for hydroxylation is 1. The summed E-state index contributed by atoms with van der Waals surface area (Å²) in [5, 5.41) is 2.60. The van der Waals surface area contributed by atoms with Crippen molar-refractivity contribution in [1.29, 1.82) is 0 Å². The van der Waals surface area contributed by atoms with Gasteiger partial charge in [-0.25, -0.2) is 0 Å². The lowest BCUT2D eigenvalue weighted by atomic mass is 10.0. The van der Waals surface area contributed by atoms with Gasteiger partial charge in [0.15, 0.2) is 0 Å². The van der Waals surface area contributed by atoms with Gasteiger partial charge in [-0.2, -0.15) is 0 Å². The first-order valence-electron chi connectivity index (χ1n) is 6.51. The van der Waals surface area contributed by atoms with Crippen LogP contribution < -0.4 is 14.8 Å². The number of pyridine rings is 1. The Labute approximate surface area is 123 Å². The van der Waals surface area contributed by atoms with E-state index >= 15 is 0 Å². The highest BCUT2D eigenvalue weighted by atomic mass is 16.5. The highest BCUT2D eigenvalue weighted by Crippen LogP contribution is 2.38. The third kappa shape index (κ3) is 2.97. The largest absolute Gasteiger partial charge is 0.496 e. The van der Waals surface area contributed by atoms with E-state index in [4.69, 9.17) is 9.47 Å². The molecule has 0 aliphatic heterocycles. The first-order valence-corrected chi connectivity index (χ1v) is 6.51. The number of hydrogen-bond acceptors (Lipinski definition) is 4. The van der Waals surface area contributed by atoms with Crippen LogP contribution in [0.1, 0.15) is 15.9 Å². The number of carbonyl (C=O) groups is 1. The van der Waals surface area contributed by atoms with Crippen LogP contribution in [0.3, 0.4) is 0 Å². The number of carbonyl (C=O) groups excluding carboxylic acids is 1. The van der Waals surface area contributed by atoms with Crippen molar-refractivity contribution in [1.82, 2.24) is 10.3 Å². The number of nitrogens with zero attached hydrogens (tertiary/aromatic N) is 1. The predicted octanol–water partition coefficient (Wildman–Crippen LogP) is 2.43. The maximum atomic E-state index is 11.8. The van der Waals surface area contributed by atoms with Gasteiger partial charge in [0.1, 0.15) is 11.5 Å². The molecule has 0 aliphatic rings. The monoisotopic (exact) mass is 286 g/mol. The van der Waals surface area contributed by atoms with Crippen LogP contribution in [0.4, 0.5) is 0 Å². The molecule has 1 amide bonds. The van der Waals surface area contributed by atoms with Crippen molar-refractivity contribution in [2.75, 3.05) is 21.3 Å². The van der Waals surface area contributed by atoms with E-state index in [-0.39, 0.29) is 5.91 Å². The Morgan fingerprint density at radius 1 is 1.14 bits per heavy atom. The summed E-state index contributed by atoms with van der Waals surface area (Å²) in [5.41, 5.74) is 2.92. The molecule has 0 atom stereocenters. The molecule has 0 saturated carbocycles. The molecule has 1 N–H and O–H groups in total. The first kappa shape index (κ1) is 14.8. The Balaban J connectivity index is 2.63. The summed E-state index contributed by atoms with van der Waals surface area (Å²) >= 11 is 0. The Kier molecular flexibility index (Phi) is 4.42. The van der Waals surface area contributed by atoms with Crippen LogP contribution in [-0.4, -0.2) is 32.2 Å². The van der Waals surface area contributed by atoms with Gasteiger partial charge < -0.3 is 14.8 Å². The summed E-state index contributed by atoms with van der Waals surface area (Å²) in [7, 11) is 4.79. The molecule has 2 rings (SSSR count). The van der Waals surface area contributed by atoms with Crippen LogP contribution in [0.15, 0.2) is 30.5 Å². The number of rotatable bonds is 4. The van der Waals surface area contributed by atoms with Crippen molar-refractivity contribution >= 4 is 5.91 Å². The number of hydrogen-bond donors (Lipinski definition) is 1. The molecule has 5 nitrogen and oxygen atoms in total. The lowest BCUT2D eigenvalue weighted by molar-refractivity contribution is 0.0963. The van der Waals surface area contributed by atoms with E-state index < -0.39 is 0 Å². The van der Waals surface area contributed by atoms with Gasteiger partial charge in [0, 0.05) is 18.8 Å². The van der Waals surface area contributed by atoms with Crippen molar-refractivity contribution in [2.45, 2.75) is 6.92 Å². The fraction of sp³-hybridized carbons (Fsp3) is 0.250. The third-order valence-corrected chi connectivity index (χ3v) is 3.16. The number of ether oxygens (including phenoxy) is 2. The molecule has 0 fully saturated rings. The minimum atomic E-state index is -0.163. The quantitative estimate of drug-likeness (QED) is 0.937. The van der Waals surface area contributed by atoms with Crippen LogP contribution in [0.5, 0.6) is 11.5 Å². The van der Waals surface area contributed by atoms with Gasteiger partial charge in [-0.1, -0.05) is 0 Å². The van der Waals surface area contributed by atoms with Crippen LogP contribution in [-0.2, 0) is 0 Å². The molecule has 1 heterocycles. The van der Waals surface area contributed by atoms with E-state index in [1.165, 1.54) is 0 Å². The molecule has 0 aliphatic carbocycles. The van der Waals surface area contributed by atoms with Crippen LogP contribution in [0.25, 0.3) is 11.3 Å². The second kappa shape index (κ2) is 6.26. The Hall–Kier alpha value is -2.56. The lowest BCUT2D eigenvalue weighted by Crippen LogP contribution is -2.17. The molecule has 0 saturated heterocycles. The molecular formula is C16H18N2O3. The van der Waals surface area contributed by atoms with Gasteiger partial charge in [0.05, 0.1) is 25.5 Å². The maximum absolute atomic E-state index is 11.8. The van der Waals surface area contributed by atoms with Gasteiger partial charge in [-0.3, -0.25) is 9.78 Å². The normalized spacial score (nSPS) is 10.1. The van der Waals surface area contributed by atoms with Gasteiger partial charge in [0.25, 0.3) is 5.91 Å². The van der Waals surface area contributed by atoms with Crippen LogP contribution in [0, 0.1) is 6.92 Å². The van der Waals surface area contributed by atoms with Gasteiger partial charge in [-0.15, -0.1) is 0 Å². The van der Waals surface area contributed by atoms with E-state index in [0.717, 1.165) is 11.1 Å². The van der Waals surface area contributed by atoms with Crippen molar-refractivity contribution in [3.05, 3.63) is 41.6 Å². The fourth-order valence-electron chi connectivity index (χ4n) is 2.15. The van der Waals surface area contributed by atoms with Crippen molar-refractivity contribution in [3.63, 3.8) is 0 Å². The predicted molar refractivity (Wildman–Crippen MR) is 80.9 cm³/mol. The van der Waals surface area contributed by atoms with Crippen molar-refractivity contribution < 1.29 is 14.3 Å². The van der Waals surface area contributed by atoms with Crippen molar-refractivity contribution in [2.24, 2.45) is 0 Å². The lowest BCUT2D eigenvalue weighted by Gasteiger charge is -2.14. The summed E-state index contributed by atoms with van der Waals surface area (Å²) in [6.45, 7) is 1.96. The second-order valence-corrected chi connectivity index (χ2v) is 4.55. The highest BCUT2D eigenvalue weighted by molar-refractivity contribution is 5.95. The summed E-state index contributed by atoms with van der Waals surface area (Å²) in [4.78, 5) is 16.1. The molecular weight excluding hydrogens is 268 g/mol. The zero-order valence-electron chi connectivity index (χ0n) is 12.6. The number of nitrogens with one attached hydrogen (secondary N) is 1. The SMILES string of the molecule is CNC(=O)c1ccnc(-c2c(OC)cc(C)cc2OC)c1. The summed E-state index contributed by atoms with van der Waals surface area (Å²) in [6.07, 6.45) is 1.60. The van der Waals surface area contributed by atoms with E-state index in [9.17, 15) is 4.79 Å². The summed E-state index contributed by atoms with van der Waals surface area (Å²) in [5.74, 6) is 1.16. The Bertz CT molecular complexity index is 643. The number of aromatic nitrogens is 1. The smallest absolute Gasteiger partial charge is 0.251 e. The van der Waals surface area contributed by atoms with E-state index in [1.807, 2.05) is 19.1 Å². The van der Waals surface area contributed by atoms with Gasteiger partial charge in [-0.05, 0) is 36.8 Å². The third-order valence-electron chi connectivity index (χ3n) is 3.16. The number of amides is 1. The first-order chi connectivity index (χ1) is 10.1. The van der Waals surface area contributed by atoms with E-state index in [0.29, 0.717) is 22.8 Å². The standard InChI is InChI=1S/C16H18N2O3/c1-10-7-13(20-3)15(14(8-10)21-4)12-9-11(5-6-18-12)16(19)17-2/h5-9H,1-4H3,(H,17,19). The average Bonchev–Trinajstić information content (AvgIpc) is 2.53. The molecule has 0 bridgehead atoms. The maximum Gasteiger partial charge on any atom is 0.251 e. The minimum Gasteiger partial charge on any atom is -0.496 e. The highest BCUT2D eigenvalue weighted by Gasteiger charge is 2.16. The van der Waals surface area contributed by atoms with Crippen LogP contribution in [0.2, 0.25) is 0 Å². The second-order valence-electron chi connectivity index (χ2n) is 4.55. The zero-order valence-corrected chi connectivity index (χ0v) is 12.6. The molecule has 0 unspecified atom stereocenters. The molecule has 21 heavy (non-hydrogen) atoms. The van der Waals surface area contributed by atoms with Crippen LogP contribution >= 0.6 is 0 Å². The molecule has 1 aromatic heterocycles.